The van der Waals surface area contributed by atoms with E-state index in [1.807, 2.05) is 6.07 Å². The van der Waals surface area contributed by atoms with Gasteiger partial charge < -0.3 is 14.9 Å². The Kier molecular flexibility index (Phi) is 4.38. The molecule has 3 aliphatic rings. The number of phenolic OH excluding ortho intramolecular Hbond substituents is 1. The molecule has 0 aliphatic heterocycles. The van der Waals surface area contributed by atoms with Crippen LogP contribution < -0.4 is 5.32 Å². The van der Waals surface area contributed by atoms with Crippen LogP contribution in [0.2, 0.25) is 0 Å². The Bertz CT molecular complexity index is 718. The zero-order valence-corrected chi connectivity index (χ0v) is 15.6. The van der Waals surface area contributed by atoms with Crippen LogP contribution in [-0.2, 0) is 11.2 Å². The van der Waals surface area contributed by atoms with Gasteiger partial charge in [0.05, 0.1) is 18.4 Å². The van der Waals surface area contributed by atoms with Crippen LogP contribution in [0.3, 0.4) is 0 Å². The zero-order valence-electron chi connectivity index (χ0n) is 15.6. The van der Waals surface area contributed by atoms with Gasteiger partial charge >= 0.3 is 6.09 Å². The second-order valence-corrected chi connectivity index (χ2v) is 8.43. The summed E-state index contributed by atoms with van der Waals surface area (Å²) in [5.41, 5.74) is 2.89. The van der Waals surface area contributed by atoms with Crippen molar-refractivity contribution in [2.75, 3.05) is 11.9 Å². The topological polar surface area (TPSA) is 78.8 Å². The van der Waals surface area contributed by atoms with Crippen molar-refractivity contribution in [1.82, 2.24) is 0 Å². The minimum atomic E-state index is -0.520. The molecule has 5 nitrogen and oxygen atoms in total. The molecule has 1 aromatic rings. The summed E-state index contributed by atoms with van der Waals surface area (Å²) >= 11 is 0. The first-order valence-corrected chi connectivity index (χ1v) is 9.92. The number of aromatic hydroxyl groups is 1. The minimum Gasteiger partial charge on any atom is -0.506 e. The van der Waals surface area contributed by atoms with Crippen LogP contribution in [0, 0.1) is 17.3 Å². The van der Waals surface area contributed by atoms with Crippen molar-refractivity contribution in [2.24, 2.45) is 17.3 Å². The van der Waals surface area contributed by atoms with Crippen molar-refractivity contribution >= 4 is 11.8 Å². The van der Waals surface area contributed by atoms with E-state index in [0.717, 1.165) is 44.1 Å². The van der Waals surface area contributed by atoms with Gasteiger partial charge in [-0.1, -0.05) is 13.0 Å². The predicted octanol–water partition coefficient (Wildman–Crippen LogP) is 4.18. The molecule has 2 fully saturated rings. The van der Waals surface area contributed by atoms with Crippen LogP contribution in [0.5, 0.6) is 5.75 Å². The third kappa shape index (κ3) is 2.59. The highest BCUT2D eigenvalue weighted by Crippen LogP contribution is 2.61. The van der Waals surface area contributed by atoms with E-state index in [2.05, 4.69) is 12.2 Å². The molecule has 2 saturated carbocycles. The van der Waals surface area contributed by atoms with Gasteiger partial charge in [0.15, 0.2) is 0 Å². The third-order valence-electron chi connectivity index (χ3n) is 7.34. The molecule has 3 aliphatic carbocycles. The third-order valence-corrected chi connectivity index (χ3v) is 7.34. The normalized spacial score (nSPS) is 35.2. The molecule has 5 heteroatoms. The van der Waals surface area contributed by atoms with Gasteiger partial charge in [-0.15, -0.1) is 0 Å². The van der Waals surface area contributed by atoms with E-state index in [0.29, 0.717) is 30.0 Å². The second kappa shape index (κ2) is 6.45. The Balaban J connectivity index is 1.66. The molecular weight excluding hydrogens is 329 g/mol. The number of hydrogen-bond acceptors (Lipinski definition) is 4. The van der Waals surface area contributed by atoms with Crippen molar-refractivity contribution in [2.45, 2.75) is 64.4 Å². The summed E-state index contributed by atoms with van der Waals surface area (Å²) in [7, 11) is 0. The monoisotopic (exact) mass is 358 g/mol. The molecule has 142 valence electrons. The molecule has 3 N–H and O–H groups in total. The SMILES string of the molecule is CCO[11C](=O)Nc1c(O)ccc2c1CC[C@@H]1[C@@H]2CC[C@]2(C)[C@@H](O)CC[C@@H]12. The molecular formula is C21H29NO4. The predicted molar refractivity (Wildman–Crippen MR) is 99.4 cm³/mol. The lowest BCUT2D eigenvalue weighted by Gasteiger charge is -2.50. The van der Waals surface area contributed by atoms with E-state index in [1.54, 1.807) is 13.0 Å². The Morgan fingerprint density at radius 2 is 2.12 bits per heavy atom. The number of anilines is 1. The van der Waals surface area contributed by atoms with E-state index in [-0.39, 0.29) is 17.3 Å². The van der Waals surface area contributed by atoms with Crippen LogP contribution in [0.4, 0.5) is 10.5 Å². The number of nitrogens with one attached hydrogen (secondary N) is 1. The Labute approximate surface area is 154 Å². The molecule has 0 spiro atoms. The first kappa shape index (κ1) is 17.7. The quantitative estimate of drug-likeness (QED) is 0.693. The van der Waals surface area contributed by atoms with E-state index in [9.17, 15) is 15.0 Å². The number of benzene rings is 1. The van der Waals surface area contributed by atoms with E-state index in [1.165, 1.54) is 5.56 Å². The van der Waals surface area contributed by atoms with Crippen LogP contribution in [-0.4, -0.2) is 29.0 Å². The Hall–Kier alpha value is -1.75. The summed E-state index contributed by atoms with van der Waals surface area (Å²) in [6.45, 7) is 4.33. The fourth-order valence-electron chi connectivity index (χ4n) is 6.04. The Morgan fingerprint density at radius 1 is 1.31 bits per heavy atom. The van der Waals surface area contributed by atoms with E-state index < -0.39 is 6.09 Å². The first-order valence-electron chi connectivity index (χ1n) is 9.92. The van der Waals surface area contributed by atoms with Gasteiger partial charge in [0.2, 0.25) is 0 Å². The van der Waals surface area contributed by atoms with Gasteiger partial charge in [-0.25, -0.2) is 4.79 Å². The lowest BCUT2D eigenvalue weighted by atomic mass is 9.55. The molecule has 1 amide bonds. The fraction of sp³-hybridized carbons (Fsp3) is 0.667. The number of carbonyl (C=O) groups excluding carboxylic acids is 1. The molecule has 0 aromatic heterocycles. The number of aliphatic hydroxyl groups is 1. The van der Waals surface area contributed by atoms with Gasteiger partial charge in [-0.2, -0.15) is 0 Å². The number of aliphatic hydroxyl groups excluding tert-OH is 1. The zero-order chi connectivity index (χ0) is 18.5. The van der Waals surface area contributed by atoms with Crippen LogP contribution in [0.15, 0.2) is 12.1 Å². The molecule has 0 saturated heterocycles. The molecule has 0 unspecified atom stereocenters. The van der Waals surface area contributed by atoms with Crippen molar-refractivity contribution in [3.8, 4) is 5.75 Å². The number of phenols is 1. The highest BCUT2D eigenvalue weighted by molar-refractivity contribution is 5.88. The summed E-state index contributed by atoms with van der Waals surface area (Å²) in [5, 5.41) is 23.6. The van der Waals surface area contributed by atoms with Crippen LogP contribution >= 0.6 is 0 Å². The molecule has 0 radical (unpaired) electrons. The second-order valence-electron chi connectivity index (χ2n) is 8.43. The van der Waals surface area contributed by atoms with E-state index in [4.69, 9.17) is 4.74 Å². The standard InChI is InChI=1S/C21H29NO4/c1-3-26-20(25)22-19-15-5-4-14-13(12(15)6-8-17(19)23)10-11-21(2)16(14)7-9-18(21)24/h6,8,13-14,16,18,23-24H,3-5,7,9-11H2,1-2H3,(H,22,25)/t13-,14-,16+,18+,21+/m1/s1/i20-1. The highest BCUT2D eigenvalue weighted by atomic mass is 16.5. The molecule has 26 heavy (non-hydrogen) atoms. The number of amides is 1. The summed E-state index contributed by atoms with van der Waals surface area (Å²) in [6, 6.07) is 3.73. The average Bonchev–Trinajstić information content (AvgIpc) is 2.92. The van der Waals surface area contributed by atoms with Gasteiger partial charge in [0.1, 0.15) is 5.75 Å². The molecule has 0 bridgehead atoms. The maximum Gasteiger partial charge on any atom is 0.411 e. The summed E-state index contributed by atoms with van der Waals surface area (Å²) in [4.78, 5) is 11.9. The van der Waals surface area contributed by atoms with Gasteiger partial charge in [-0.05, 0) is 85.8 Å². The molecule has 4 rings (SSSR count). The number of ether oxygens (including phenoxy) is 1. The minimum absolute atomic E-state index is 0.0571. The Morgan fingerprint density at radius 3 is 2.88 bits per heavy atom. The average molecular weight is 358 g/mol. The lowest BCUT2D eigenvalue weighted by Crippen LogP contribution is -2.44. The number of rotatable bonds is 2. The van der Waals surface area contributed by atoms with Crippen molar-refractivity contribution < 1.29 is 19.7 Å². The maximum absolute atomic E-state index is 11.9. The van der Waals surface area contributed by atoms with Gasteiger partial charge in [0, 0.05) is 0 Å². The summed E-state index contributed by atoms with van der Waals surface area (Å²) in [6.07, 6.45) is 5.33. The molecule has 5 atom stereocenters. The molecule has 0 heterocycles. The van der Waals surface area contributed by atoms with Crippen molar-refractivity contribution in [3.05, 3.63) is 23.3 Å². The van der Waals surface area contributed by atoms with Gasteiger partial charge in [0.25, 0.3) is 0 Å². The first-order chi connectivity index (χ1) is 12.5. The summed E-state index contributed by atoms with van der Waals surface area (Å²) < 4.78 is 4.99. The highest BCUT2D eigenvalue weighted by Gasteiger charge is 2.54. The molecule has 1 aromatic carbocycles. The fourth-order valence-corrected chi connectivity index (χ4v) is 6.04. The lowest BCUT2D eigenvalue weighted by molar-refractivity contribution is -0.0225. The van der Waals surface area contributed by atoms with E-state index >= 15 is 0 Å². The summed E-state index contributed by atoms with van der Waals surface area (Å²) in [5.74, 6) is 1.70. The van der Waals surface area contributed by atoms with Crippen LogP contribution in [0.1, 0.15) is 63.0 Å². The maximum atomic E-state index is 11.9. The number of hydrogen-bond donors (Lipinski definition) is 3. The largest absolute Gasteiger partial charge is 0.506 e. The van der Waals surface area contributed by atoms with Crippen LogP contribution in [0.25, 0.3) is 0 Å². The number of carbonyl (C=O) groups is 1. The van der Waals surface area contributed by atoms with Gasteiger partial charge in [-0.3, -0.25) is 5.32 Å². The van der Waals surface area contributed by atoms with Crippen molar-refractivity contribution in [1.29, 1.82) is 0 Å². The number of fused-ring (bicyclic) bond motifs is 5. The smallest absolute Gasteiger partial charge is 0.411 e. The van der Waals surface area contributed by atoms with Crippen molar-refractivity contribution in [3.63, 3.8) is 0 Å².